The van der Waals surface area contributed by atoms with Crippen molar-refractivity contribution in [1.82, 2.24) is 15.1 Å². The van der Waals surface area contributed by atoms with Crippen molar-refractivity contribution in [2.75, 3.05) is 13.1 Å². The quantitative estimate of drug-likeness (QED) is 0.655. The lowest BCUT2D eigenvalue weighted by atomic mass is 10.0. The number of amides is 2. The normalized spacial score (nSPS) is 29.5. The number of nitrogens with zero attached hydrogens (tertiary/aromatic N) is 2. The SMILES string of the molecule is C=C1CCC(N2Cc3cc(O[C@H]4CCC[C@H]4N(CC4CC4)CC4CC4)ccc3C2=O)C(=O)N1. The first-order valence-electron chi connectivity index (χ1n) is 12.9. The molecule has 1 saturated heterocycles. The molecule has 1 unspecified atom stereocenters. The molecule has 2 aliphatic heterocycles. The first kappa shape index (κ1) is 21.2. The van der Waals surface area contributed by atoms with Gasteiger partial charge in [0, 0.05) is 36.9 Å². The van der Waals surface area contributed by atoms with Crippen LogP contribution < -0.4 is 10.1 Å². The van der Waals surface area contributed by atoms with Crippen LogP contribution in [0.1, 0.15) is 73.7 Å². The fourth-order valence-electron chi connectivity index (χ4n) is 5.95. The van der Waals surface area contributed by atoms with Crippen LogP contribution in [0, 0.1) is 11.8 Å². The third-order valence-corrected chi connectivity index (χ3v) is 8.16. The largest absolute Gasteiger partial charge is 0.489 e. The Morgan fingerprint density at radius 2 is 1.79 bits per heavy atom. The summed E-state index contributed by atoms with van der Waals surface area (Å²) in [6.07, 6.45) is 10.7. The molecule has 5 aliphatic rings. The van der Waals surface area contributed by atoms with Crippen LogP contribution in [-0.4, -0.2) is 52.9 Å². The van der Waals surface area contributed by atoms with Crippen LogP contribution in [-0.2, 0) is 11.3 Å². The average molecular weight is 450 g/mol. The minimum Gasteiger partial charge on any atom is -0.489 e. The van der Waals surface area contributed by atoms with Crippen molar-refractivity contribution in [3.8, 4) is 5.75 Å². The number of rotatable bonds is 8. The highest BCUT2D eigenvalue weighted by Gasteiger charge is 2.40. The predicted octanol–water partition coefficient (Wildman–Crippen LogP) is 3.86. The molecular weight excluding hydrogens is 414 g/mol. The van der Waals surface area contributed by atoms with Crippen molar-refractivity contribution >= 4 is 11.8 Å². The fourth-order valence-corrected chi connectivity index (χ4v) is 5.95. The lowest BCUT2D eigenvalue weighted by Gasteiger charge is -2.33. The average Bonchev–Trinajstić information content (AvgIpc) is 3.71. The molecule has 3 atom stereocenters. The summed E-state index contributed by atoms with van der Waals surface area (Å²) in [7, 11) is 0. The summed E-state index contributed by atoms with van der Waals surface area (Å²) in [5.41, 5.74) is 2.41. The summed E-state index contributed by atoms with van der Waals surface area (Å²) in [4.78, 5) is 29.9. The number of benzene rings is 1. The van der Waals surface area contributed by atoms with Gasteiger partial charge in [-0.15, -0.1) is 0 Å². The van der Waals surface area contributed by atoms with E-state index in [1.807, 2.05) is 18.2 Å². The lowest BCUT2D eigenvalue weighted by molar-refractivity contribution is -0.126. The van der Waals surface area contributed by atoms with E-state index in [9.17, 15) is 9.59 Å². The minimum atomic E-state index is -0.419. The molecule has 2 heterocycles. The first-order valence-corrected chi connectivity index (χ1v) is 12.9. The van der Waals surface area contributed by atoms with Gasteiger partial charge in [0.1, 0.15) is 17.9 Å². The number of nitrogens with one attached hydrogen (secondary N) is 1. The molecule has 0 spiro atoms. The second kappa shape index (κ2) is 8.46. The van der Waals surface area contributed by atoms with Gasteiger partial charge >= 0.3 is 0 Å². The van der Waals surface area contributed by atoms with Gasteiger partial charge in [0.05, 0.1) is 0 Å². The molecule has 1 aromatic carbocycles. The van der Waals surface area contributed by atoms with E-state index in [4.69, 9.17) is 4.74 Å². The van der Waals surface area contributed by atoms with E-state index >= 15 is 0 Å². The van der Waals surface area contributed by atoms with Crippen molar-refractivity contribution in [1.29, 1.82) is 0 Å². The molecule has 0 radical (unpaired) electrons. The van der Waals surface area contributed by atoms with Crippen molar-refractivity contribution in [2.45, 2.75) is 82.5 Å². The van der Waals surface area contributed by atoms with Crippen molar-refractivity contribution < 1.29 is 14.3 Å². The molecule has 33 heavy (non-hydrogen) atoms. The van der Waals surface area contributed by atoms with Crippen LogP contribution in [0.25, 0.3) is 0 Å². The van der Waals surface area contributed by atoms with E-state index in [1.165, 1.54) is 51.6 Å². The van der Waals surface area contributed by atoms with Gasteiger partial charge in [-0.1, -0.05) is 6.58 Å². The lowest BCUT2D eigenvalue weighted by Crippen LogP contribution is -2.49. The predicted molar refractivity (Wildman–Crippen MR) is 126 cm³/mol. The monoisotopic (exact) mass is 449 g/mol. The fraction of sp³-hybridized carbons (Fsp3) is 0.630. The Balaban J connectivity index is 1.14. The molecule has 176 valence electrons. The van der Waals surface area contributed by atoms with Gasteiger partial charge in [-0.25, -0.2) is 0 Å². The van der Waals surface area contributed by atoms with Gasteiger partial charge in [0.15, 0.2) is 0 Å². The summed E-state index contributed by atoms with van der Waals surface area (Å²) >= 11 is 0. The molecule has 0 aromatic heterocycles. The molecule has 3 saturated carbocycles. The molecule has 1 aromatic rings. The van der Waals surface area contributed by atoms with Crippen LogP contribution in [0.2, 0.25) is 0 Å². The molecule has 0 bridgehead atoms. The van der Waals surface area contributed by atoms with E-state index in [0.29, 0.717) is 31.0 Å². The number of piperidine rings is 1. The standard InChI is InChI=1S/C27H35N3O3/c1-17-5-12-24(26(31)28-17)30-16-20-13-21(10-11-22(20)27(30)32)33-25-4-2-3-23(25)29(14-18-6-7-18)15-19-8-9-19/h10-11,13,18-19,23-25H,1-9,12,14-16H2,(H,28,31)/t23-,24?,25+/m1/s1. The number of carbonyl (C=O) groups excluding carboxylic acids is 2. The molecule has 4 fully saturated rings. The van der Waals surface area contributed by atoms with Gasteiger partial charge in [0.2, 0.25) is 5.91 Å². The second-order valence-electron chi connectivity index (χ2n) is 10.9. The third kappa shape index (κ3) is 4.42. The maximum atomic E-state index is 13.0. The highest BCUT2D eigenvalue weighted by Crippen LogP contribution is 2.38. The summed E-state index contributed by atoms with van der Waals surface area (Å²) in [5.74, 6) is 2.49. The van der Waals surface area contributed by atoms with Gasteiger partial charge in [-0.05, 0) is 93.4 Å². The summed E-state index contributed by atoms with van der Waals surface area (Å²) in [5, 5.41) is 2.81. The van der Waals surface area contributed by atoms with Crippen molar-refractivity contribution in [2.24, 2.45) is 11.8 Å². The Morgan fingerprint density at radius 3 is 2.48 bits per heavy atom. The zero-order valence-corrected chi connectivity index (χ0v) is 19.4. The second-order valence-corrected chi connectivity index (χ2v) is 10.9. The number of allylic oxidation sites excluding steroid dienone is 1. The Labute approximate surface area is 196 Å². The van der Waals surface area contributed by atoms with Crippen molar-refractivity contribution in [3.63, 3.8) is 0 Å². The molecule has 6 rings (SSSR count). The highest BCUT2D eigenvalue weighted by molar-refractivity contribution is 6.01. The summed E-state index contributed by atoms with van der Waals surface area (Å²) < 4.78 is 6.59. The van der Waals surface area contributed by atoms with Crippen LogP contribution in [0.5, 0.6) is 5.75 Å². The van der Waals surface area contributed by atoms with Gasteiger partial charge in [0.25, 0.3) is 5.91 Å². The van der Waals surface area contributed by atoms with E-state index in [-0.39, 0.29) is 17.9 Å². The van der Waals surface area contributed by atoms with Gasteiger partial charge < -0.3 is 15.0 Å². The molecule has 3 aliphatic carbocycles. The highest BCUT2D eigenvalue weighted by atomic mass is 16.5. The zero-order chi connectivity index (χ0) is 22.5. The van der Waals surface area contributed by atoms with Crippen molar-refractivity contribution in [3.05, 3.63) is 41.6 Å². The number of hydrogen-bond donors (Lipinski definition) is 1. The molecule has 6 heteroatoms. The topological polar surface area (TPSA) is 61.9 Å². The number of carbonyl (C=O) groups is 2. The Morgan fingerprint density at radius 1 is 1.03 bits per heavy atom. The minimum absolute atomic E-state index is 0.0528. The smallest absolute Gasteiger partial charge is 0.255 e. The summed E-state index contributed by atoms with van der Waals surface area (Å²) in [6, 6.07) is 5.97. The first-order chi connectivity index (χ1) is 16.0. The van der Waals surface area contributed by atoms with E-state index < -0.39 is 6.04 Å². The number of fused-ring (bicyclic) bond motifs is 1. The third-order valence-electron chi connectivity index (χ3n) is 8.16. The van der Waals surface area contributed by atoms with E-state index in [1.54, 1.807) is 4.90 Å². The Hall–Kier alpha value is -2.34. The molecule has 2 amide bonds. The molecule has 1 N–H and O–H groups in total. The zero-order valence-electron chi connectivity index (χ0n) is 19.4. The maximum Gasteiger partial charge on any atom is 0.255 e. The Bertz CT molecular complexity index is 953. The Kier molecular flexibility index (Phi) is 5.44. The summed E-state index contributed by atoms with van der Waals surface area (Å²) in [6.45, 7) is 6.80. The molecule has 6 nitrogen and oxygen atoms in total. The maximum absolute atomic E-state index is 13.0. The number of hydrogen-bond acceptors (Lipinski definition) is 4. The van der Waals surface area contributed by atoms with Crippen LogP contribution in [0.3, 0.4) is 0 Å². The van der Waals surface area contributed by atoms with E-state index in [2.05, 4.69) is 16.8 Å². The molecular formula is C27H35N3O3. The number of ether oxygens (including phenoxy) is 1. The van der Waals surface area contributed by atoms with Crippen LogP contribution in [0.15, 0.2) is 30.5 Å². The van der Waals surface area contributed by atoms with Crippen LogP contribution >= 0.6 is 0 Å². The van der Waals surface area contributed by atoms with Gasteiger partial charge in [-0.2, -0.15) is 0 Å². The van der Waals surface area contributed by atoms with Crippen LogP contribution in [0.4, 0.5) is 0 Å². The van der Waals surface area contributed by atoms with Gasteiger partial charge in [-0.3, -0.25) is 14.5 Å². The van der Waals surface area contributed by atoms with E-state index in [0.717, 1.165) is 35.3 Å².